The van der Waals surface area contributed by atoms with Crippen LogP contribution in [0.2, 0.25) is 0 Å². The van der Waals surface area contributed by atoms with Crippen molar-refractivity contribution in [1.29, 1.82) is 5.26 Å². The van der Waals surface area contributed by atoms with Gasteiger partial charge in [0.25, 0.3) is 0 Å². The Hall–Kier alpha value is -1.52. The molecule has 2 aliphatic heterocycles. The van der Waals surface area contributed by atoms with Gasteiger partial charge in [0, 0.05) is 5.56 Å². The van der Waals surface area contributed by atoms with Crippen LogP contribution < -0.4 is 0 Å². The first-order chi connectivity index (χ1) is 10.3. The molecule has 0 saturated carbocycles. The first-order valence-corrected chi connectivity index (χ1v) is 8.73. The average Bonchev–Trinajstić information content (AvgIpc) is 2.43. The van der Waals surface area contributed by atoms with Crippen molar-refractivity contribution in [2.24, 2.45) is 0 Å². The Balaban J connectivity index is 2.06. The molecule has 2 unspecified atom stereocenters. The maximum atomic E-state index is 14.2. The third-order valence-corrected chi connectivity index (χ3v) is 7.45. The van der Waals surface area contributed by atoms with Crippen molar-refractivity contribution in [2.45, 2.75) is 48.2 Å². The van der Waals surface area contributed by atoms with E-state index in [2.05, 4.69) is 0 Å². The van der Waals surface area contributed by atoms with Crippen LogP contribution in [0.25, 0.3) is 0 Å². The van der Waals surface area contributed by atoms with Crippen molar-refractivity contribution in [2.75, 3.05) is 0 Å². The van der Waals surface area contributed by atoms with E-state index in [9.17, 15) is 22.3 Å². The van der Waals surface area contributed by atoms with Gasteiger partial charge in [-0.2, -0.15) is 5.26 Å². The van der Waals surface area contributed by atoms with Gasteiger partial charge in [0.05, 0.1) is 21.7 Å². The predicted octanol–water partition coefficient (Wildman–Crippen LogP) is 2.15. The molecular formula is C15H15F2NO3S. The van der Waals surface area contributed by atoms with Crippen LogP contribution in [0.5, 0.6) is 0 Å². The molecule has 2 heterocycles. The first-order valence-electron chi connectivity index (χ1n) is 7.12. The average molecular weight is 327 g/mol. The van der Waals surface area contributed by atoms with Crippen molar-refractivity contribution in [1.82, 2.24) is 0 Å². The molecule has 2 saturated heterocycles. The van der Waals surface area contributed by atoms with E-state index in [0.29, 0.717) is 12.8 Å². The number of benzene rings is 1. The molecule has 22 heavy (non-hydrogen) atoms. The second kappa shape index (κ2) is 5.00. The monoisotopic (exact) mass is 327 g/mol. The van der Waals surface area contributed by atoms with E-state index in [4.69, 9.17) is 5.26 Å². The molecule has 3 rings (SSSR count). The van der Waals surface area contributed by atoms with Gasteiger partial charge in [-0.15, -0.1) is 0 Å². The number of hydrogen-bond donors (Lipinski definition) is 1. The fraction of sp³-hybridized carbons (Fsp3) is 0.533. The molecule has 2 bridgehead atoms. The van der Waals surface area contributed by atoms with Crippen molar-refractivity contribution >= 4 is 9.84 Å². The Kier molecular flexibility index (Phi) is 3.49. The van der Waals surface area contributed by atoms with Crippen LogP contribution in [-0.4, -0.2) is 24.0 Å². The lowest BCUT2D eigenvalue weighted by Gasteiger charge is -2.44. The zero-order valence-corrected chi connectivity index (χ0v) is 12.5. The van der Waals surface area contributed by atoms with E-state index < -0.39 is 43.1 Å². The third-order valence-electron chi connectivity index (χ3n) is 4.79. The minimum atomic E-state index is -3.31. The number of halogens is 2. The summed E-state index contributed by atoms with van der Waals surface area (Å²) >= 11 is 0. The summed E-state index contributed by atoms with van der Waals surface area (Å²) in [6.45, 7) is 0. The summed E-state index contributed by atoms with van der Waals surface area (Å²) < 4.78 is 52.5. The van der Waals surface area contributed by atoms with E-state index in [1.165, 1.54) is 6.07 Å². The quantitative estimate of drug-likeness (QED) is 0.857. The normalized spacial score (nSPS) is 33.2. The fourth-order valence-electron chi connectivity index (χ4n) is 3.66. The van der Waals surface area contributed by atoms with Crippen molar-refractivity contribution < 1.29 is 22.3 Å². The summed E-state index contributed by atoms with van der Waals surface area (Å²) in [7, 11) is -3.31. The lowest BCUT2D eigenvalue weighted by Crippen LogP contribution is -2.50. The summed E-state index contributed by atoms with van der Waals surface area (Å²) in [5, 5.41) is 18.1. The van der Waals surface area contributed by atoms with E-state index in [-0.39, 0.29) is 18.4 Å². The second-order valence-corrected chi connectivity index (χ2v) is 8.64. The third kappa shape index (κ3) is 2.22. The highest BCUT2D eigenvalue weighted by atomic mass is 32.2. The SMILES string of the molecule is N#Cc1cc(F)c(C2(O)CC3CCCC(C2)S3(=O)=O)cc1F. The van der Waals surface area contributed by atoms with Crippen LogP contribution in [0.1, 0.15) is 43.2 Å². The lowest BCUT2D eigenvalue weighted by molar-refractivity contribution is 0.00157. The smallest absolute Gasteiger partial charge is 0.156 e. The van der Waals surface area contributed by atoms with Crippen LogP contribution >= 0.6 is 0 Å². The summed E-state index contributed by atoms with van der Waals surface area (Å²) in [4.78, 5) is 0. The molecule has 2 aliphatic rings. The molecule has 1 aromatic rings. The molecule has 118 valence electrons. The van der Waals surface area contributed by atoms with Gasteiger partial charge < -0.3 is 5.11 Å². The minimum Gasteiger partial charge on any atom is -0.385 e. The zero-order valence-electron chi connectivity index (χ0n) is 11.7. The molecular weight excluding hydrogens is 312 g/mol. The summed E-state index contributed by atoms with van der Waals surface area (Å²) in [6, 6.07) is 3.11. The highest BCUT2D eigenvalue weighted by Crippen LogP contribution is 2.46. The van der Waals surface area contributed by atoms with Gasteiger partial charge in [0.15, 0.2) is 9.84 Å². The van der Waals surface area contributed by atoms with Gasteiger partial charge in [0.1, 0.15) is 17.7 Å². The number of rotatable bonds is 1. The van der Waals surface area contributed by atoms with E-state index in [1.807, 2.05) is 0 Å². The van der Waals surface area contributed by atoms with Crippen molar-refractivity contribution in [3.05, 3.63) is 34.9 Å². The molecule has 0 spiro atoms. The maximum absolute atomic E-state index is 14.2. The molecule has 1 aromatic carbocycles. The molecule has 0 radical (unpaired) electrons. The number of hydrogen-bond acceptors (Lipinski definition) is 4. The Bertz CT molecular complexity index is 750. The number of fused-ring (bicyclic) bond motifs is 2. The van der Waals surface area contributed by atoms with Crippen LogP contribution in [0.3, 0.4) is 0 Å². The molecule has 7 heteroatoms. The van der Waals surface area contributed by atoms with E-state index in [1.54, 1.807) is 0 Å². The Labute approximate surface area is 127 Å². The highest BCUT2D eigenvalue weighted by molar-refractivity contribution is 7.92. The van der Waals surface area contributed by atoms with Gasteiger partial charge in [0.2, 0.25) is 0 Å². The van der Waals surface area contributed by atoms with Crippen LogP contribution in [0, 0.1) is 23.0 Å². The molecule has 0 aromatic heterocycles. The topological polar surface area (TPSA) is 78.2 Å². The molecule has 4 nitrogen and oxygen atoms in total. The van der Waals surface area contributed by atoms with Crippen molar-refractivity contribution in [3.8, 4) is 6.07 Å². The number of nitrogens with zero attached hydrogens (tertiary/aromatic N) is 1. The molecule has 0 amide bonds. The Morgan fingerprint density at radius 2 is 1.77 bits per heavy atom. The maximum Gasteiger partial charge on any atom is 0.156 e. The standard InChI is InChI=1S/C15H15F2NO3S/c16-13-5-12(14(17)4-9(13)8-18)15(19)6-10-2-1-3-11(7-15)22(10,20)21/h4-5,10-11,19H,1-3,6-7H2. The van der Waals surface area contributed by atoms with E-state index in [0.717, 1.165) is 18.6 Å². The van der Waals surface area contributed by atoms with Crippen LogP contribution in [0.4, 0.5) is 8.78 Å². The lowest BCUT2D eigenvalue weighted by atomic mass is 9.80. The van der Waals surface area contributed by atoms with E-state index >= 15 is 0 Å². The predicted molar refractivity (Wildman–Crippen MR) is 74.6 cm³/mol. The fourth-order valence-corrected chi connectivity index (χ4v) is 6.21. The molecule has 0 aliphatic carbocycles. The zero-order chi connectivity index (χ0) is 16.1. The largest absolute Gasteiger partial charge is 0.385 e. The van der Waals surface area contributed by atoms with Gasteiger partial charge in [-0.3, -0.25) is 0 Å². The van der Waals surface area contributed by atoms with Gasteiger partial charge in [-0.25, -0.2) is 17.2 Å². The summed E-state index contributed by atoms with van der Waals surface area (Å²) in [5.41, 5.74) is -2.40. The molecule has 2 atom stereocenters. The van der Waals surface area contributed by atoms with Crippen molar-refractivity contribution in [3.63, 3.8) is 0 Å². The number of aliphatic hydroxyl groups is 1. The van der Waals surface area contributed by atoms with Crippen LogP contribution in [0.15, 0.2) is 12.1 Å². The number of sulfone groups is 1. The summed E-state index contributed by atoms with van der Waals surface area (Å²) in [5.74, 6) is -1.79. The highest BCUT2D eigenvalue weighted by Gasteiger charge is 2.51. The van der Waals surface area contributed by atoms with Gasteiger partial charge in [-0.1, -0.05) is 6.42 Å². The first kappa shape index (κ1) is 15.4. The molecule has 1 N–H and O–H groups in total. The molecule has 2 fully saturated rings. The van der Waals surface area contributed by atoms with Crippen LogP contribution in [-0.2, 0) is 15.4 Å². The Morgan fingerprint density at radius 1 is 1.18 bits per heavy atom. The minimum absolute atomic E-state index is 0.131. The number of nitriles is 1. The second-order valence-electron chi connectivity index (χ2n) is 6.13. The van der Waals surface area contributed by atoms with Gasteiger partial charge >= 0.3 is 0 Å². The van der Waals surface area contributed by atoms with Gasteiger partial charge in [-0.05, 0) is 37.8 Å². The Morgan fingerprint density at radius 3 is 2.32 bits per heavy atom. The summed E-state index contributed by atoms with van der Waals surface area (Å²) in [6.07, 6.45) is 1.36.